The minimum Gasteiger partial charge on any atom is -0.310 e. The van der Waals surface area contributed by atoms with Crippen molar-refractivity contribution in [2.75, 3.05) is 5.32 Å². The van der Waals surface area contributed by atoms with E-state index in [2.05, 4.69) is 38.0 Å². The molecule has 0 spiro atoms. The van der Waals surface area contributed by atoms with Crippen LogP contribution in [-0.2, 0) is 4.79 Å². The van der Waals surface area contributed by atoms with E-state index in [1.165, 1.54) is 12.1 Å². The van der Waals surface area contributed by atoms with Gasteiger partial charge in [0.25, 0.3) is 0 Å². The van der Waals surface area contributed by atoms with E-state index < -0.39 is 0 Å². The lowest BCUT2D eigenvalue weighted by Gasteiger charge is -2.22. The van der Waals surface area contributed by atoms with Crippen LogP contribution < -0.4 is 5.32 Å². The highest BCUT2D eigenvalue weighted by Crippen LogP contribution is 2.31. The van der Waals surface area contributed by atoms with E-state index in [-0.39, 0.29) is 23.1 Å². The molecule has 0 aliphatic carbocycles. The zero-order valence-corrected chi connectivity index (χ0v) is 17.2. The maximum Gasteiger partial charge on any atom is 0.225 e. The Morgan fingerprint density at radius 1 is 1.25 bits per heavy atom. The van der Waals surface area contributed by atoms with Crippen LogP contribution in [0.25, 0.3) is 16.9 Å². The van der Waals surface area contributed by atoms with E-state index in [1.807, 2.05) is 29.7 Å². The molecule has 4 nitrogen and oxygen atoms in total. The molecule has 1 unspecified atom stereocenters. The second-order valence-electron chi connectivity index (χ2n) is 8.87. The van der Waals surface area contributed by atoms with Gasteiger partial charge in [0, 0.05) is 18.2 Å². The largest absolute Gasteiger partial charge is 0.310 e. The standard InChI is InChI=1S/C23H28FN3O/c1-15-9-10-27-19(11-15)25-21(17-7-6-8-18(24)13-17)22(27)26-20(28)12-16(2)14-23(3,4)5/h6-11,13,16H,12,14H2,1-5H3,(H,26,28). The van der Waals surface area contributed by atoms with Crippen molar-refractivity contribution in [2.45, 2.75) is 47.5 Å². The maximum absolute atomic E-state index is 13.8. The molecule has 0 radical (unpaired) electrons. The Labute approximate surface area is 165 Å². The molecule has 0 bridgehead atoms. The third kappa shape index (κ3) is 4.77. The minimum atomic E-state index is -0.332. The second kappa shape index (κ2) is 7.74. The van der Waals surface area contributed by atoms with Gasteiger partial charge in [-0.3, -0.25) is 9.20 Å². The summed E-state index contributed by atoms with van der Waals surface area (Å²) in [6, 6.07) is 10.2. The Balaban J connectivity index is 1.95. The number of benzene rings is 1. The first-order chi connectivity index (χ1) is 13.1. The lowest BCUT2D eigenvalue weighted by Crippen LogP contribution is -2.19. The summed E-state index contributed by atoms with van der Waals surface area (Å²) in [5, 5.41) is 3.03. The van der Waals surface area contributed by atoms with Crippen molar-refractivity contribution in [1.82, 2.24) is 9.38 Å². The second-order valence-corrected chi connectivity index (χ2v) is 8.87. The zero-order chi connectivity index (χ0) is 20.5. The van der Waals surface area contributed by atoms with Crippen LogP contribution in [0.3, 0.4) is 0 Å². The van der Waals surface area contributed by atoms with Crippen LogP contribution in [0.4, 0.5) is 10.2 Å². The van der Waals surface area contributed by atoms with E-state index in [0.717, 1.165) is 17.6 Å². The van der Waals surface area contributed by atoms with Crippen molar-refractivity contribution in [3.63, 3.8) is 0 Å². The van der Waals surface area contributed by atoms with Crippen LogP contribution in [0.2, 0.25) is 0 Å². The molecule has 3 rings (SSSR count). The summed E-state index contributed by atoms with van der Waals surface area (Å²) >= 11 is 0. The number of nitrogens with one attached hydrogen (secondary N) is 1. The van der Waals surface area contributed by atoms with E-state index >= 15 is 0 Å². The molecule has 0 aliphatic rings. The average molecular weight is 381 g/mol. The molecule has 1 aromatic carbocycles. The summed E-state index contributed by atoms with van der Waals surface area (Å²) in [5.74, 6) is 0.450. The Morgan fingerprint density at radius 2 is 2.00 bits per heavy atom. The van der Waals surface area contributed by atoms with Gasteiger partial charge in [0.15, 0.2) is 0 Å². The number of imidazole rings is 1. The third-order valence-corrected chi connectivity index (χ3v) is 4.63. The van der Waals surface area contributed by atoms with Crippen LogP contribution in [-0.4, -0.2) is 15.3 Å². The SMILES string of the molecule is Cc1ccn2c(NC(=O)CC(C)CC(C)(C)C)c(-c3cccc(F)c3)nc2c1. The van der Waals surface area contributed by atoms with Crippen LogP contribution in [0.1, 0.15) is 46.1 Å². The monoisotopic (exact) mass is 381 g/mol. The number of nitrogens with zero attached hydrogens (tertiary/aromatic N) is 2. The van der Waals surface area contributed by atoms with E-state index in [0.29, 0.717) is 23.5 Å². The van der Waals surface area contributed by atoms with Crippen molar-refractivity contribution < 1.29 is 9.18 Å². The lowest BCUT2D eigenvalue weighted by molar-refractivity contribution is -0.117. The van der Waals surface area contributed by atoms with Gasteiger partial charge in [-0.1, -0.05) is 39.8 Å². The van der Waals surface area contributed by atoms with Crippen molar-refractivity contribution >= 4 is 17.4 Å². The van der Waals surface area contributed by atoms with Crippen LogP contribution in [0.15, 0.2) is 42.6 Å². The fourth-order valence-corrected chi connectivity index (χ4v) is 3.72. The molecule has 148 valence electrons. The molecular weight excluding hydrogens is 353 g/mol. The van der Waals surface area contributed by atoms with Gasteiger partial charge in [-0.05, 0) is 54.5 Å². The predicted octanol–water partition coefficient (Wildman–Crippen LogP) is 5.85. The van der Waals surface area contributed by atoms with Gasteiger partial charge in [-0.25, -0.2) is 9.37 Å². The van der Waals surface area contributed by atoms with Crippen LogP contribution in [0, 0.1) is 24.1 Å². The number of carbonyl (C=O) groups is 1. The molecule has 1 amide bonds. The van der Waals surface area contributed by atoms with E-state index in [1.54, 1.807) is 12.1 Å². The molecule has 3 aromatic rings. The molecule has 2 aromatic heterocycles. The van der Waals surface area contributed by atoms with Crippen LogP contribution >= 0.6 is 0 Å². The fourth-order valence-electron chi connectivity index (χ4n) is 3.72. The van der Waals surface area contributed by atoms with Crippen molar-refractivity contribution in [2.24, 2.45) is 11.3 Å². The third-order valence-electron chi connectivity index (χ3n) is 4.63. The van der Waals surface area contributed by atoms with Crippen molar-refractivity contribution in [3.05, 3.63) is 54.0 Å². The highest BCUT2D eigenvalue weighted by molar-refractivity contribution is 5.94. The lowest BCUT2D eigenvalue weighted by atomic mass is 9.84. The van der Waals surface area contributed by atoms with Gasteiger partial charge in [0.05, 0.1) is 0 Å². The summed E-state index contributed by atoms with van der Waals surface area (Å²) in [6.07, 6.45) is 3.27. The maximum atomic E-state index is 13.8. The number of rotatable bonds is 5. The number of hydrogen-bond acceptors (Lipinski definition) is 2. The first kappa shape index (κ1) is 20.1. The number of aryl methyl sites for hydroxylation is 1. The Kier molecular flexibility index (Phi) is 5.54. The highest BCUT2D eigenvalue weighted by Gasteiger charge is 2.21. The molecule has 1 atom stereocenters. The quantitative estimate of drug-likeness (QED) is 0.602. The Bertz CT molecular complexity index is 1000. The highest BCUT2D eigenvalue weighted by atomic mass is 19.1. The van der Waals surface area contributed by atoms with Gasteiger partial charge in [-0.15, -0.1) is 0 Å². The number of anilines is 1. The van der Waals surface area contributed by atoms with Crippen molar-refractivity contribution in [3.8, 4) is 11.3 Å². The number of halogens is 1. The minimum absolute atomic E-state index is 0.0585. The normalized spacial score (nSPS) is 12.9. The first-order valence-electron chi connectivity index (χ1n) is 9.67. The Morgan fingerprint density at radius 3 is 2.68 bits per heavy atom. The molecular formula is C23H28FN3O. The molecule has 0 saturated heterocycles. The number of hydrogen-bond donors (Lipinski definition) is 1. The number of carbonyl (C=O) groups excluding carboxylic acids is 1. The predicted molar refractivity (Wildman–Crippen MR) is 112 cm³/mol. The Hall–Kier alpha value is -2.69. The van der Waals surface area contributed by atoms with Crippen molar-refractivity contribution in [1.29, 1.82) is 0 Å². The molecule has 5 heteroatoms. The number of pyridine rings is 1. The topological polar surface area (TPSA) is 46.4 Å². The molecule has 2 heterocycles. The van der Waals surface area contributed by atoms with E-state index in [9.17, 15) is 9.18 Å². The molecule has 28 heavy (non-hydrogen) atoms. The van der Waals surface area contributed by atoms with E-state index in [4.69, 9.17) is 0 Å². The zero-order valence-electron chi connectivity index (χ0n) is 17.2. The van der Waals surface area contributed by atoms with Gasteiger partial charge >= 0.3 is 0 Å². The molecule has 0 saturated carbocycles. The van der Waals surface area contributed by atoms with Crippen LogP contribution in [0.5, 0.6) is 0 Å². The average Bonchev–Trinajstić information content (AvgIpc) is 2.90. The molecule has 0 aliphatic heterocycles. The summed E-state index contributed by atoms with van der Waals surface area (Å²) in [5.41, 5.74) is 3.17. The number of fused-ring (bicyclic) bond motifs is 1. The number of aromatic nitrogens is 2. The van der Waals surface area contributed by atoms with Gasteiger partial charge in [0.1, 0.15) is 23.0 Å². The van der Waals surface area contributed by atoms with Gasteiger partial charge in [0.2, 0.25) is 5.91 Å². The van der Waals surface area contributed by atoms with Gasteiger partial charge in [-0.2, -0.15) is 0 Å². The number of amides is 1. The summed E-state index contributed by atoms with van der Waals surface area (Å²) in [7, 11) is 0. The summed E-state index contributed by atoms with van der Waals surface area (Å²) < 4.78 is 15.6. The smallest absolute Gasteiger partial charge is 0.225 e. The molecule has 1 N–H and O–H groups in total. The molecule has 0 fully saturated rings. The summed E-state index contributed by atoms with van der Waals surface area (Å²) in [6.45, 7) is 10.6. The summed E-state index contributed by atoms with van der Waals surface area (Å²) in [4.78, 5) is 17.4. The first-order valence-corrected chi connectivity index (χ1v) is 9.67. The van der Waals surface area contributed by atoms with Gasteiger partial charge < -0.3 is 5.32 Å². The fraction of sp³-hybridized carbons (Fsp3) is 0.391.